The molecule has 32 heavy (non-hydrogen) atoms. The Kier molecular flexibility index (Phi) is 8.00. The van der Waals surface area contributed by atoms with E-state index >= 15 is 0 Å². The minimum atomic E-state index is -0.838. The molecule has 5 atom stereocenters. The van der Waals surface area contributed by atoms with Gasteiger partial charge in [0, 0.05) is 18.6 Å². The predicted octanol–water partition coefficient (Wildman–Crippen LogP) is 3.63. The molecule has 0 aromatic heterocycles. The number of ether oxygens (including phenoxy) is 6. The third-order valence-corrected chi connectivity index (χ3v) is 5.93. The number of aliphatic hydroxyl groups is 1. The average molecular weight is 445 g/mol. The molecule has 2 aliphatic heterocycles. The van der Waals surface area contributed by atoms with Gasteiger partial charge < -0.3 is 33.5 Å². The summed E-state index contributed by atoms with van der Waals surface area (Å²) in [6, 6.07) is 15.3. The number of benzene rings is 2. The van der Waals surface area contributed by atoms with Crippen LogP contribution >= 0.6 is 0 Å². The number of methoxy groups -OCH3 is 2. The Bertz CT molecular complexity index is 817. The maximum absolute atomic E-state index is 11.1. The lowest BCUT2D eigenvalue weighted by atomic mass is 9.98. The minimum absolute atomic E-state index is 0.237. The fourth-order valence-corrected chi connectivity index (χ4v) is 4.01. The number of hydrogen-bond donors (Lipinski definition) is 1. The van der Waals surface area contributed by atoms with Gasteiger partial charge in [-0.15, -0.1) is 0 Å². The van der Waals surface area contributed by atoms with Gasteiger partial charge in [-0.05, 0) is 49.1 Å². The number of rotatable bonds is 8. The molecule has 0 saturated carbocycles. The molecule has 2 fully saturated rings. The van der Waals surface area contributed by atoms with Crippen LogP contribution in [0.15, 0.2) is 48.5 Å². The zero-order valence-electron chi connectivity index (χ0n) is 18.6. The molecule has 2 aromatic carbocycles. The zero-order valence-corrected chi connectivity index (χ0v) is 18.6. The molecule has 5 unspecified atom stereocenters. The van der Waals surface area contributed by atoms with E-state index in [9.17, 15) is 5.11 Å². The topological polar surface area (TPSA) is 75.6 Å². The van der Waals surface area contributed by atoms with E-state index in [1.54, 1.807) is 14.2 Å². The first-order chi connectivity index (χ1) is 15.7. The second kappa shape index (κ2) is 11.1. The highest BCUT2D eigenvalue weighted by atomic mass is 16.7. The van der Waals surface area contributed by atoms with Crippen LogP contribution in [0.3, 0.4) is 0 Å². The SMILES string of the molecule is COc1ccc(CC2OC(c3ccc(OC)cc3)OC(COC3CCCCO3)C2O)cc1. The van der Waals surface area contributed by atoms with E-state index in [-0.39, 0.29) is 12.9 Å². The van der Waals surface area contributed by atoms with Crippen molar-refractivity contribution < 1.29 is 33.5 Å². The monoisotopic (exact) mass is 444 g/mol. The maximum atomic E-state index is 11.1. The summed E-state index contributed by atoms with van der Waals surface area (Å²) in [4.78, 5) is 0. The van der Waals surface area contributed by atoms with E-state index in [0.29, 0.717) is 13.0 Å². The van der Waals surface area contributed by atoms with Crippen molar-refractivity contribution in [1.82, 2.24) is 0 Å². The molecule has 2 heterocycles. The summed E-state index contributed by atoms with van der Waals surface area (Å²) in [5.41, 5.74) is 1.90. The van der Waals surface area contributed by atoms with Crippen LogP contribution in [0.4, 0.5) is 0 Å². The Balaban J connectivity index is 1.48. The van der Waals surface area contributed by atoms with Gasteiger partial charge in [0.1, 0.15) is 23.7 Å². The molecule has 0 bridgehead atoms. The maximum Gasteiger partial charge on any atom is 0.184 e. The van der Waals surface area contributed by atoms with Gasteiger partial charge >= 0.3 is 0 Å². The number of aliphatic hydroxyl groups excluding tert-OH is 1. The molecule has 174 valence electrons. The van der Waals surface area contributed by atoms with Crippen LogP contribution in [0.1, 0.15) is 36.7 Å². The van der Waals surface area contributed by atoms with Gasteiger partial charge in [-0.2, -0.15) is 0 Å². The zero-order chi connectivity index (χ0) is 22.3. The summed E-state index contributed by atoms with van der Waals surface area (Å²) in [5, 5.41) is 11.1. The molecule has 0 spiro atoms. The van der Waals surface area contributed by atoms with Gasteiger partial charge in [-0.1, -0.05) is 24.3 Å². The minimum Gasteiger partial charge on any atom is -0.497 e. The highest BCUT2D eigenvalue weighted by molar-refractivity contribution is 5.29. The molecule has 0 aliphatic carbocycles. The quantitative estimate of drug-likeness (QED) is 0.666. The summed E-state index contributed by atoms with van der Waals surface area (Å²) in [6.45, 7) is 0.942. The molecule has 4 rings (SSSR count). The fraction of sp³-hybridized carbons (Fsp3) is 0.520. The molecule has 7 nitrogen and oxygen atoms in total. The normalized spacial score (nSPS) is 28.3. The van der Waals surface area contributed by atoms with Gasteiger partial charge in [0.15, 0.2) is 12.6 Å². The van der Waals surface area contributed by atoms with Crippen LogP contribution < -0.4 is 9.47 Å². The summed E-state index contributed by atoms with van der Waals surface area (Å²) >= 11 is 0. The van der Waals surface area contributed by atoms with Crippen molar-refractivity contribution in [3.8, 4) is 11.5 Å². The van der Waals surface area contributed by atoms with E-state index < -0.39 is 24.6 Å². The smallest absolute Gasteiger partial charge is 0.184 e. The second-order valence-corrected chi connectivity index (χ2v) is 8.13. The molecule has 7 heteroatoms. The van der Waals surface area contributed by atoms with E-state index in [1.807, 2.05) is 48.5 Å². The largest absolute Gasteiger partial charge is 0.497 e. The summed E-state index contributed by atoms with van der Waals surface area (Å²) in [7, 11) is 3.27. The lowest BCUT2D eigenvalue weighted by Crippen LogP contribution is -2.50. The van der Waals surface area contributed by atoms with Gasteiger partial charge in [-0.25, -0.2) is 0 Å². The van der Waals surface area contributed by atoms with Crippen molar-refractivity contribution in [2.75, 3.05) is 27.4 Å². The Morgan fingerprint density at radius 3 is 2.16 bits per heavy atom. The van der Waals surface area contributed by atoms with Crippen molar-refractivity contribution in [2.45, 2.75) is 56.6 Å². The molecule has 2 saturated heterocycles. The van der Waals surface area contributed by atoms with Crippen molar-refractivity contribution in [2.24, 2.45) is 0 Å². The Labute approximate surface area is 189 Å². The Morgan fingerprint density at radius 1 is 0.875 bits per heavy atom. The fourth-order valence-electron chi connectivity index (χ4n) is 4.01. The van der Waals surface area contributed by atoms with Crippen LogP contribution in [0.2, 0.25) is 0 Å². The van der Waals surface area contributed by atoms with Crippen LogP contribution in [-0.4, -0.2) is 57.1 Å². The number of hydrogen-bond acceptors (Lipinski definition) is 7. The van der Waals surface area contributed by atoms with Crippen molar-refractivity contribution >= 4 is 0 Å². The van der Waals surface area contributed by atoms with E-state index in [0.717, 1.165) is 41.9 Å². The summed E-state index contributed by atoms with van der Waals surface area (Å²) in [6.07, 6.45) is 0.838. The highest BCUT2D eigenvalue weighted by Crippen LogP contribution is 2.33. The molecular weight excluding hydrogens is 412 g/mol. The summed E-state index contributed by atoms with van der Waals surface area (Å²) < 4.78 is 34.5. The predicted molar refractivity (Wildman–Crippen MR) is 118 cm³/mol. The Hall–Kier alpha value is -2.16. The molecule has 0 amide bonds. The molecule has 0 radical (unpaired) electrons. The third kappa shape index (κ3) is 5.79. The van der Waals surface area contributed by atoms with Gasteiger partial charge in [0.05, 0.1) is 26.9 Å². The second-order valence-electron chi connectivity index (χ2n) is 8.13. The van der Waals surface area contributed by atoms with Crippen LogP contribution in [0.5, 0.6) is 11.5 Å². The third-order valence-electron chi connectivity index (χ3n) is 5.93. The first kappa shape index (κ1) is 23.0. The highest BCUT2D eigenvalue weighted by Gasteiger charge is 2.39. The van der Waals surface area contributed by atoms with Crippen LogP contribution in [-0.2, 0) is 25.4 Å². The van der Waals surface area contributed by atoms with E-state index in [4.69, 9.17) is 28.4 Å². The first-order valence-electron chi connectivity index (χ1n) is 11.2. The standard InChI is InChI=1S/C25H32O7/c1-27-19-10-6-17(7-11-19)15-21-24(26)22(16-30-23-5-3-4-14-29-23)32-25(31-21)18-8-12-20(28-2)13-9-18/h6-13,21-26H,3-5,14-16H2,1-2H3. The lowest BCUT2D eigenvalue weighted by Gasteiger charge is -2.40. The van der Waals surface area contributed by atoms with E-state index in [2.05, 4.69) is 0 Å². The molecule has 1 N–H and O–H groups in total. The molecule has 2 aliphatic rings. The van der Waals surface area contributed by atoms with Crippen molar-refractivity contribution in [3.05, 3.63) is 59.7 Å². The lowest BCUT2D eigenvalue weighted by molar-refractivity contribution is -0.304. The first-order valence-corrected chi connectivity index (χ1v) is 11.2. The Morgan fingerprint density at radius 2 is 1.53 bits per heavy atom. The van der Waals surface area contributed by atoms with Gasteiger partial charge in [0.2, 0.25) is 0 Å². The van der Waals surface area contributed by atoms with Gasteiger partial charge in [0.25, 0.3) is 0 Å². The van der Waals surface area contributed by atoms with Crippen LogP contribution in [0, 0.1) is 0 Å². The summed E-state index contributed by atoms with van der Waals surface area (Å²) in [5.74, 6) is 1.55. The average Bonchev–Trinajstić information content (AvgIpc) is 2.85. The molecule has 2 aromatic rings. The van der Waals surface area contributed by atoms with Crippen molar-refractivity contribution in [1.29, 1.82) is 0 Å². The van der Waals surface area contributed by atoms with Gasteiger partial charge in [-0.3, -0.25) is 0 Å². The molecular formula is C25H32O7. The van der Waals surface area contributed by atoms with E-state index in [1.165, 1.54) is 0 Å². The van der Waals surface area contributed by atoms with Crippen LogP contribution in [0.25, 0.3) is 0 Å². The van der Waals surface area contributed by atoms with Crippen molar-refractivity contribution in [3.63, 3.8) is 0 Å².